The summed E-state index contributed by atoms with van der Waals surface area (Å²) in [5.74, 6) is 1.44. The van der Waals surface area contributed by atoms with Crippen molar-refractivity contribution in [2.75, 3.05) is 14.2 Å². The zero-order valence-electron chi connectivity index (χ0n) is 21.0. The average molecular weight is 675 g/mol. The van der Waals surface area contributed by atoms with Gasteiger partial charge in [0.15, 0.2) is 5.78 Å². The minimum atomic E-state index is -0.125. The molecule has 2 heterocycles. The molecule has 0 bridgehead atoms. The van der Waals surface area contributed by atoms with Crippen molar-refractivity contribution in [2.45, 2.75) is 13.8 Å². The van der Waals surface area contributed by atoms with Crippen LogP contribution in [0.1, 0.15) is 13.8 Å². The van der Waals surface area contributed by atoms with Gasteiger partial charge in [-0.2, -0.15) is 0 Å². The Morgan fingerprint density at radius 2 is 1.51 bits per heavy atom. The van der Waals surface area contributed by atoms with Gasteiger partial charge in [0.1, 0.15) is 5.75 Å². The molecule has 7 heteroatoms. The molecule has 1 N–H and O–H groups in total. The minimum Gasteiger partial charge on any atom is -0.540 e. The van der Waals surface area contributed by atoms with E-state index in [2.05, 4.69) is 64.1 Å². The second-order valence-electron chi connectivity index (χ2n) is 8.15. The maximum atomic E-state index is 10.0. The van der Waals surface area contributed by atoms with E-state index in [-0.39, 0.29) is 32.6 Å². The number of fused-ring (bicyclic) bond motifs is 3. The molecule has 0 aliphatic carbocycles. The summed E-state index contributed by atoms with van der Waals surface area (Å²) in [4.78, 5) is 14.6. The van der Waals surface area contributed by atoms with Gasteiger partial charge < -0.3 is 24.1 Å². The fourth-order valence-electron chi connectivity index (χ4n) is 4.12. The molecule has 5 rings (SSSR count). The maximum Gasteiger partial charge on any atom is 0.155 e. The van der Waals surface area contributed by atoms with Crippen molar-refractivity contribution < 1.29 is 40.4 Å². The number of para-hydroxylation sites is 2. The smallest absolute Gasteiger partial charge is 0.155 e. The number of benzene rings is 3. The Morgan fingerprint density at radius 1 is 0.919 bits per heavy atom. The van der Waals surface area contributed by atoms with E-state index in [0.717, 1.165) is 39.5 Å². The number of allylic oxidation sites excluding steroid dienone is 2. The van der Waals surface area contributed by atoms with E-state index in [9.17, 15) is 4.79 Å². The second kappa shape index (κ2) is 12.4. The fraction of sp³-hybridized carbons (Fsp3) is 0.133. The molecule has 6 nitrogen and oxygen atoms in total. The third-order valence-electron chi connectivity index (χ3n) is 5.59. The first kappa shape index (κ1) is 27.7. The van der Waals surface area contributed by atoms with Crippen LogP contribution in [0.5, 0.6) is 11.5 Å². The largest absolute Gasteiger partial charge is 0.540 e. The van der Waals surface area contributed by atoms with E-state index < -0.39 is 0 Å². The topological polar surface area (TPSA) is 73.6 Å². The summed E-state index contributed by atoms with van der Waals surface area (Å²) >= 11 is 0. The van der Waals surface area contributed by atoms with Gasteiger partial charge in [-0.3, -0.25) is 4.79 Å². The van der Waals surface area contributed by atoms with E-state index in [1.54, 1.807) is 20.4 Å². The number of ether oxygens (including phenoxy) is 2. The number of carbonyl (C=O) groups excluding carboxylic acids is 1. The van der Waals surface area contributed by atoms with Crippen molar-refractivity contribution in [2.24, 2.45) is 0 Å². The summed E-state index contributed by atoms with van der Waals surface area (Å²) < 4.78 is 13.2. The van der Waals surface area contributed by atoms with Crippen LogP contribution in [0.4, 0.5) is 0 Å². The van der Waals surface area contributed by atoms with Gasteiger partial charge >= 0.3 is 0 Å². The van der Waals surface area contributed by atoms with E-state index in [0.29, 0.717) is 0 Å². The van der Waals surface area contributed by atoms with E-state index in [4.69, 9.17) is 14.6 Å². The third-order valence-corrected chi connectivity index (χ3v) is 5.59. The quantitative estimate of drug-likeness (QED) is 0.128. The number of hydrogen-bond donors (Lipinski definition) is 1. The number of rotatable bonds is 5. The minimum absolute atomic E-state index is 0. The van der Waals surface area contributed by atoms with Crippen molar-refractivity contribution in [1.82, 2.24) is 9.55 Å². The van der Waals surface area contributed by atoms with E-state index in [1.807, 2.05) is 24.3 Å². The molecule has 2 aromatic heterocycles. The van der Waals surface area contributed by atoms with Crippen LogP contribution in [0, 0.1) is 6.07 Å². The molecule has 37 heavy (non-hydrogen) atoms. The van der Waals surface area contributed by atoms with Gasteiger partial charge in [-0.25, -0.2) is 0 Å². The number of aliphatic hydroxyl groups is 1. The van der Waals surface area contributed by atoms with Gasteiger partial charge in [0.2, 0.25) is 0 Å². The molecule has 0 unspecified atom stereocenters. The fourth-order valence-corrected chi connectivity index (χ4v) is 4.12. The molecule has 0 saturated heterocycles. The zero-order valence-corrected chi connectivity index (χ0v) is 23.2. The van der Waals surface area contributed by atoms with E-state index in [1.165, 1.54) is 30.7 Å². The van der Waals surface area contributed by atoms with Crippen LogP contribution in [0.15, 0.2) is 90.8 Å². The van der Waals surface area contributed by atoms with Crippen LogP contribution in [0.25, 0.3) is 38.8 Å². The Hall–Kier alpha value is -3.89. The third kappa shape index (κ3) is 6.09. The Morgan fingerprint density at radius 3 is 2.03 bits per heavy atom. The summed E-state index contributed by atoms with van der Waals surface area (Å²) in [6.07, 6.45) is 2.92. The number of hydrogen-bond acceptors (Lipinski definition) is 5. The predicted octanol–water partition coefficient (Wildman–Crippen LogP) is 6.70. The van der Waals surface area contributed by atoms with Crippen LogP contribution in [0.2, 0.25) is 0 Å². The van der Waals surface area contributed by atoms with Gasteiger partial charge in [0.25, 0.3) is 0 Å². The number of pyridine rings is 1. The first-order valence-electron chi connectivity index (χ1n) is 11.4. The monoisotopic (exact) mass is 674 g/mol. The summed E-state index contributed by atoms with van der Waals surface area (Å²) in [5.41, 5.74) is 4.89. The van der Waals surface area contributed by atoms with Crippen molar-refractivity contribution in [3.63, 3.8) is 0 Å². The molecular formula is C30H27N2O4Pt-. The molecule has 0 atom stereocenters. The molecule has 0 aliphatic rings. The number of methoxy groups -OCH3 is 2. The van der Waals surface area contributed by atoms with Crippen LogP contribution in [0.3, 0.4) is 0 Å². The van der Waals surface area contributed by atoms with Crippen LogP contribution < -0.4 is 9.47 Å². The zero-order chi connectivity index (χ0) is 25.7. The maximum absolute atomic E-state index is 10.0. The summed E-state index contributed by atoms with van der Waals surface area (Å²) in [6, 6.07) is 27.9. The molecule has 192 valence electrons. The molecule has 0 amide bonds. The SMILES string of the molecule is CC(=O)/C=C(/C)O.COc1ccnc(-c2[c-]cc(OC)cc2-n2c3ccccc3c3ccccc32)c1.[Pt]. The normalized spacial score (nSPS) is 10.9. The standard InChI is InChI=1S/C25H19N2O2.C5H8O2.Pt/c1-28-17-11-12-21(22-15-18(29-2)13-14-26-22)25(16-17)27-23-9-5-3-7-19(23)20-8-4-6-10-24(20)27;1-4(6)3-5(2)7;/h3-11,13-16H,1-2H3;3,6H,1-2H3;/q-1;;/b;4-3-;. The van der Waals surface area contributed by atoms with Crippen LogP contribution >= 0.6 is 0 Å². The van der Waals surface area contributed by atoms with Gasteiger partial charge in [-0.05, 0) is 49.5 Å². The molecular weight excluding hydrogens is 647 g/mol. The molecule has 0 saturated carbocycles. The second-order valence-corrected chi connectivity index (χ2v) is 8.15. The molecule has 3 aromatic carbocycles. The molecule has 0 spiro atoms. The predicted molar refractivity (Wildman–Crippen MR) is 143 cm³/mol. The Labute approximate surface area is 230 Å². The summed E-state index contributed by atoms with van der Waals surface area (Å²) in [6.45, 7) is 2.85. The number of nitrogens with zero attached hydrogens (tertiary/aromatic N) is 2. The average Bonchev–Trinajstić information content (AvgIpc) is 3.22. The van der Waals surface area contributed by atoms with Crippen molar-refractivity contribution in [1.29, 1.82) is 0 Å². The van der Waals surface area contributed by atoms with Crippen molar-refractivity contribution in [3.05, 3.63) is 96.9 Å². The van der Waals surface area contributed by atoms with Gasteiger partial charge in [-0.1, -0.05) is 42.5 Å². The molecule has 0 fully saturated rings. The van der Waals surface area contributed by atoms with E-state index >= 15 is 0 Å². The summed E-state index contributed by atoms with van der Waals surface area (Å²) in [5, 5.41) is 10.8. The Balaban J connectivity index is 0.000000422. The van der Waals surface area contributed by atoms with Crippen LogP contribution in [-0.2, 0) is 25.9 Å². The number of aromatic nitrogens is 2. The van der Waals surface area contributed by atoms with Gasteiger partial charge in [0, 0.05) is 60.9 Å². The number of carbonyl (C=O) groups is 1. The molecule has 0 aliphatic heterocycles. The number of aliphatic hydroxyl groups excluding tert-OH is 1. The molecule has 0 radical (unpaired) electrons. The number of ketones is 1. The van der Waals surface area contributed by atoms with Crippen molar-refractivity contribution >= 4 is 27.6 Å². The first-order chi connectivity index (χ1) is 17.4. The van der Waals surface area contributed by atoms with Gasteiger partial charge in [0.05, 0.1) is 20.0 Å². The first-order valence-corrected chi connectivity index (χ1v) is 11.4. The molecule has 5 aromatic rings. The Kier molecular flexibility index (Phi) is 9.26. The van der Waals surface area contributed by atoms with Crippen LogP contribution in [-0.4, -0.2) is 34.7 Å². The van der Waals surface area contributed by atoms with Crippen molar-refractivity contribution in [3.8, 4) is 28.4 Å². The Bertz CT molecular complexity index is 1520. The van der Waals surface area contributed by atoms with Gasteiger partial charge in [-0.15, -0.1) is 17.7 Å². The summed E-state index contributed by atoms with van der Waals surface area (Å²) in [7, 11) is 3.33.